The Hall–Kier alpha value is -3.16. The van der Waals surface area contributed by atoms with Gasteiger partial charge in [-0.1, -0.05) is 0 Å². The highest BCUT2D eigenvalue weighted by Crippen LogP contribution is 2.33. The molecular weight excluding hydrogens is 324 g/mol. The maximum Gasteiger partial charge on any atom is 0.331 e. The molecule has 0 spiro atoms. The van der Waals surface area contributed by atoms with Gasteiger partial charge in [-0.05, 0) is 18.2 Å². The molecule has 1 atom stereocenters. The molecule has 1 fully saturated rings. The quantitative estimate of drug-likeness (QED) is 0.839. The maximum atomic E-state index is 12.6. The molecule has 2 aliphatic heterocycles. The van der Waals surface area contributed by atoms with E-state index in [0.717, 1.165) is 4.90 Å². The van der Waals surface area contributed by atoms with Gasteiger partial charge in [0.1, 0.15) is 28.9 Å². The first-order valence-corrected chi connectivity index (χ1v) is 7.58. The Balaban J connectivity index is 2.05. The van der Waals surface area contributed by atoms with E-state index in [2.05, 4.69) is 9.98 Å². The lowest BCUT2D eigenvalue weighted by Gasteiger charge is -2.36. The monoisotopic (exact) mass is 342 g/mol. The lowest BCUT2D eigenvalue weighted by Crippen LogP contribution is -2.59. The molecule has 0 saturated carbocycles. The summed E-state index contributed by atoms with van der Waals surface area (Å²) in [6, 6.07) is 4.80. The van der Waals surface area contributed by atoms with Crippen LogP contribution in [0.25, 0.3) is 0 Å². The Morgan fingerprint density at radius 3 is 2.56 bits per heavy atom. The van der Waals surface area contributed by atoms with E-state index in [1.165, 1.54) is 25.3 Å². The van der Waals surface area contributed by atoms with Gasteiger partial charge in [0.2, 0.25) is 5.91 Å². The molecule has 0 aromatic heterocycles. The van der Waals surface area contributed by atoms with Crippen LogP contribution in [-0.4, -0.2) is 61.6 Å². The molecule has 25 heavy (non-hydrogen) atoms. The van der Waals surface area contributed by atoms with Gasteiger partial charge in [0, 0.05) is 26.4 Å². The number of carbonyl (C=O) groups is 2. The van der Waals surface area contributed by atoms with Gasteiger partial charge in [-0.15, -0.1) is 0 Å². The van der Waals surface area contributed by atoms with E-state index in [4.69, 9.17) is 9.47 Å². The van der Waals surface area contributed by atoms with E-state index in [9.17, 15) is 9.59 Å². The van der Waals surface area contributed by atoms with Crippen molar-refractivity contribution in [2.24, 2.45) is 15.9 Å². The van der Waals surface area contributed by atoms with Crippen molar-refractivity contribution in [2.75, 3.05) is 28.3 Å². The molecule has 1 aromatic carbocycles. The van der Waals surface area contributed by atoms with E-state index in [1.54, 1.807) is 38.4 Å². The zero-order chi connectivity index (χ0) is 18.1. The number of nitrogens with zero attached hydrogens (tertiary/aromatic N) is 4. The Morgan fingerprint density at radius 1 is 1.12 bits per heavy atom. The number of aliphatic imine (C=N–C) groups is 2. The van der Waals surface area contributed by atoms with Crippen LogP contribution in [0, 0.1) is 5.92 Å². The van der Waals surface area contributed by atoms with Gasteiger partial charge in [0.05, 0.1) is 19.9 Å². The lowest BCUT2D eigenvalue weighted by molar-refractivity contribution is -0.128. The van der Waals surface area contributed by atoms with Crippen molar-refractivity contribution in [1.29, 1.82) is 0 Å². The highest BCUT2D eigenvalue weighted by molar-refractivity contribution is 6.32. The average molecular weight is 342 g/mol. The number of rotatable bonds is 3. The zero-order valence-electron chi connectivity index (χ0n) is 14.4. The summed E-state index contributed by atoms with van der Waals surface area (Å²) in [7, 11) is 6.13. The second-order valence-electron chi connectivity index (χ2n) is 5.55. The molecule has 1 saturated heterocycles. The molecule has 0 N–H and O–H groups in total. The molecule has 8 nitrogen and oxygen atoms in total. The molecule has 2 heterocycles. The van der Waals surface area contributed by atoms with Crippen LogP contribution in [0.1, 0.15) is 0 Å². The van der Waals surface area contributed by atoms with Crippen LogP contribution < -0.4 is 9.47 Å². The highest BCUT2D eigenvalue weighted by Gasteiger charge is 2.43. The summed E-state index contributed by atoms with van der Waals surface area (Å²) >= 11 is 0. The fourth-order valence-corrected chi connectivity index (χ4v) is 2.74. The maximum absolute atomic E-state index is 12.6. The number of urea groups is 1. The third-order valence-corrected chi connectivity index (χ3v) is 4.14. The van der Waals surface area contributed by atoms with Crippen molar-refractivity contribution in [1.82, 2.24) is 9.80 Å². The predicted octanol–water partition coefficient (Wildman–Crippen LogP) is 1.84. The number of methoxy groups -OCH3 is 2. The fraction of sp³-hybridized carbons (Fsp3) is 0.294. The number of amides is 3. The minimum absolute atomic E-state index is 0.363. The Morgan fingerprint density at radius 2 is 1.88 bits per heavy atom. The Kier molecular flexibility index (Phi) is 4.26. The molecule has 3 amide bonds. The molecule has 1 aromatic rings. The number of hydrogen-bond acceptors (Lipinski definition) is 6. The summed E-state index contributed by atoms with van der Waals surface area (Å²) in [5.41, 5.74) is 1.05. The number of ether oxygens (including phenoxy) is 2. The molecule has 0 bridgehead atoms. The normalized spacial score (nSPS) is 21.4. The summed E-state index contributed by atoms with van der Waals surface area (Å²) in [6.45, 7) is 0. The van der Waals surface area contributed by atoms with Crippen LogP contribution in [0.5, 0.6) is 11.5 Å². The van der Waals surface area contributed by atoms with Crippen LogP contribution in [-0.2, 0) is 4.79 Å². The first kappa shape index (κ1) is 16.7. The third-order valence-electron chi connectivity index (χ3n) is 4.14. The molecule has 2 aliphatic rings. The van der Waals surface area contributed by atoms with Gasteiger partial charge < -0.3 is 9.47 Å². The first-order chi connectivity index (χ1) is 12.0. The topological polar surface area (TPSA) is 83.8 Å². The zero-order valence-corrected chi connectivity index (χ0v) is 14.4. The van der Waals surface area contributed by atoms with Crippen LogP contribution in [0.3, 0.4) is 0 Å². The predicted molar refractivity (Wildman–Crippen MR) is 92.6 cm³/mol. The van der Waals surface area contributed by atoms with Crippen molar-refractivity contribution >= 4 is 29.2 Å². The highest BCUT2D eigenvalue weighted by atomic mass is 16.5. The summed E-state index contributed by atoms with van der Waals surface area (Å²) in [6.07, 6.45) is 3.19. The minimum atomic E-state index is -0.732. The smallest absolute Gasteiger partial charge is 0.331 e. The van der Waals surface area contributed by atoms with E-state index in [0.29, 0.717) is 28.7 Å². The Bertz CT molecular complexity index is 828. The van der Waals surface area contributed by atoms with Crippen molar-refractivity contribution < 1.29 is 19.1 Å². The molecule has 8 heteroatoms. The van der Waals surface area contributed by atoms with Crippen molar-refractivity contribution in [2.45, 2.75) is 0 Å². The van der Waals surface area contributed by atoms with Gasteiger partial charge in [-0.2, -0.15) is 0 Å². The number of benzene rings is 1. The van der Waals surface area contributed by atoms with Crippen LogP contribution in [0.2, 0.25) is 0 Å². The first-order valence-electron chi connectivity index (χ1n) is 7.58. The van der Waals surface area contributed by atoms with Crippen molar-refractivity contribution in [3.8, 4) is 11.5 Å². The number of amidine groups is 1. The SMILES string of the molecule is COc1ccc(N=C2C=CN=C3C2C(=O)N(C)C(=O)N3C)c(OC)c1. The molecule has 0 radical (unpaired) electrons. The number of allylic oxidation sites excluding steroid dienone is 1. The van der Waals surface area contributed by atoms with E-state index < -0.39 is 11.9 Å². The Labute approximate surface area is 145 Å². The van der Waals surface area contributed by atoms with Gasteiger partial charge >= 0.3 is 6.03 Å². The third kappa shape index (κ3) is 2.75. The van der Waals surface area contributed by atoms with Gasteiger partial charge in [0.15, 0.2) is 0 Å². The summed E-state index contributed by atoms with van der Waals surface area (Å²) in [5.74, 6) is 0.426. The fourth-order valence-electron chi connectivity index (χ4n) is 2.74. The van der Waals surface area contributed by atoms with E-state index in [-0.39, 0.29) is 5.91 Å². The average Bonchev–Trinajstić information content (AvgIpc) is 2.64. The van der Waals surface area contributed by atoms with E-state index in [1.807, 2.05) is 0 Å². The molecular formula is C17H18N4O4. The largest absolute Gasteiger partial charge is 0.497 e. The number of carbonyl (C=O) groups excluding carboxylic acids is 2. The second-order valence-corrected chi connectivity index (χ2v) is 5.55. The van der Waals surface area contributed by atoms with Crippen molar-refractivity contribution in [3.63, 3.8) is 0 Å². The van der Waals surface area contributed by atoms with Gasteiger partial charge in [-0.25, -0.2) is 14.8 Å². The summed E-state index contributed by atoms with van der Waals surface area (Å²) in [4.78, 5) is 35.9. The molecule has 3 rings (SSSR count). The minimum Gasteiger partial charge on any atom is -0.497 e. The number of fused-ring (bicyclic) bond motifs is 1. The van der Waals surface area contributed by atoms with Crippen LogP contribution in [0.4, 0.5) is 10.5 Å². The van der Waals surface area contributed by atoms with Gasteiger partial charge in [0.25, 0.3) is 0 Å². The van der Waals surface area contributed by atoms with Crippen molar-refractivity contribution in [3.05, 3.63) is 30.5 Å². The van der Waals surface area contributed by atoms with Gasteiger partial charge in [-0.3, -0.25) is 14.6 Å². The second kappa shape index (κ2) is 6.39. The summed E-state index contributed by atoms with van der Waals surface area (Å²) in [5, 5.41) is 0. The van der Waals surface area contributed by atoms with E-state index >= 15 is 0 Å². The summed E-state index contributed by atoms with van der Waals surface area (Å²) < 4.78 is 10.5. The number of imide groups is 1. The molecule has 0 aliphatic carbocycles. The number of hydrogen-bond donors (Lipinski definition) is 0. The molecule has 130 valence electrons. The van der Waals surface area contributed by atoms with Crippen LogP contribution >= 0.6 is 0 Å². The lowest BCUT2D eigenvalue weighted by atomic mass is 9.95. The molecule has 1 unspecified atom stereocenters. The van der Waals surface area contributed by atoms with Crippen LogP contribution in [0.15, 0.2) is 40.5 Å². The standard InChI is InChI=1S/C17H18N4O4/c1-20-15-14(16(22)21(2)17(20)23)12(7-8-18-15)19-11-6-5-10(24-3)9-13(11)25-4/h5-9,14H,1-4H3.